The lowest BCUT2D eigenvalue weighted by molar-refractivity contribution is -0.139. The van der Waals surface area contributed by atoms with Crippen LogP contribution in [0.2, 0.25) is 5.02 Å². The van der Waals surface area contributed by atoms with Crippen molar-refractivity contribution in [3.63, 3.8) is 0 Å². The van der Waals surface area contributed by atoms with Gasteiger partial charge in [-0.05, 0) is 29.7 Å². The average molecular weight is 293 g/mol. The number of hydrogen-bond donors (Lipinski definition) is 1. The van der Waals surface area contributed by atoms with Crippen LogP contribution >= 0.6 is 11.6 Å². The Balaban J connectivity index is 1.88. The Morgan fingerprint density at radius 1 is 1.35 bits per heavy atom. The van der Waals surface area contributed by atoms with Gasteiger partial charge in [0.15, 0.2) is 0 Å². The summed E-state index contributed by atoms with van der Waals surface area (Å²) in [4.78, 5) is 15.5. The van der Waals surface area contributed by atoms with E-state index in [2.05, 4.69) is 10.1 Å². The molecule has 3 rings (SSSR count). The minimum atomic E-state index is -0.828. The molecule has 5 nitrogen and oxygen atoms in total. The summed E-state index contributed by atoms with van der Waals surface area (Å²) in [6.07, 6.45) is 0. The Bertz CT molecular complexity index is 663. The highest BCUT2D eigenvalue weighted by Crippen LogP contribution is 2.64. The number of benzene rings is 1. The Kier molecular flexibility index (Phi) is 2.83. The molecule has 0 amide bonds. The van der Waals surface area contributed by atoms with E-state index in [1.165, 1.54) is 0 Å². The molecule has 1 N–H and O–H groups in total. The minimum absolute atomic E-state index is 0.228. The highest BCUT2D eigenvalue weighted by atomic mass is 35.5. The third-order valence-electron chi connectivity index (χ3n) is 3.90. The zero-order valence-electron chi connectivity index (χ0n) is 11.0. The summed E-state index contributed by atoms with van der Waals surface area (Å²) in [6.45, 7) is 3.78. The van der Waals surface area contributed by atoms with Crippen LogP contribution in [0.15, 0.2) is 28.8 Å². The first-order valence-electron chi connectivity index (χ1n) is 6.23. The van der Waals surface area contributed by atoms with Gasteiger partial charge in [-0.3, -0.25) is 4.79 Å². The molecule has 0 spiro atoms. The summed E-state index contributed by atoms with van der Waals surface area (Å²) in [5, 5.41) is 13.7. The van der Waals surface area contributed by atoms with Gasteiger partial charge in [0.05, 0.1) is 11.8 Å². The summed E-state index contributed by atoms with van der Waals surface area (Å²) in [6, 6.07) is 7.08. The molecule has 2 aromatic rings. The van der Waals surface area contributed by atoms with Crippen LogP contribution in [-0.2, 0) is 4.79 Å². The van der Waals surface area contributed by atoms with E-state index in [-0.39, 0.29) is 11.3 Å². The van der Waals surface area contributed by atoms with Crippen LogP contribution in [0, 0.1) is 11.3 Å². The van der Waals surface area contributed by atoms with E-state index in [1.807, 2.05) is 13.8 Å². The number of aromatic nitrogens is 2. The van der Waals surface area contributed by atoms with Crippen LogP contribution in [0.3, 0.4) is 0 Å². The molecule has 2 unspecified atom stereocenters. The van der Waals surface area contributed by atoms with Crippen molar-refractivity contribution in [2.75, 3.05) is 0 Å². The second kappa shape index (κ2) is 4.31. The Morgan fingerprint density at radius 3 is 2.55 bits per heavy atom. The molecule has 1 saturated carbocycles. The first kappa shape index (κ1) is 13.1. The lowest BCUT2D eigenvalue weighted by atomic mass is 10.1. The van der Waals surface area contributed by atoms with E-state index >= 15 is 0 Å². The molecule has 1 heterocycles. The molecular formula is C14H13ClN2O3. The molecule has 6 heteroatoms. The van der Waals surface area contributed by atoms with Gasteiger partial charge >= 0.3 is 5.97 Å². The van der Waals surface area contributed by atoms with Crippen LogP contribution in [0.4, 0.5) is 0 Å². The molecule has 0 bridgehead atoms. The third-order valence-corrected chi connectivity index (χ3v) is 4.16. The predicted octanol–water partition coefficient (Wildman–Crippen LogP) is 3.21. The summed E-state index contributed by atoms with van der Waals surface area (Å²) < 4.78 is 5.23. The van der Waals surface area contributed by atoms with Gasteiger partial charge in [0.2, 0.25) is 11.7 Å². The number of carboxylic acids is 1. The van der Waals surface area contributed by atoms with Crippen molar-refractivity contribution in [2.45, 2.75) is 19.8 Å². The van der Waals surface area contributed by atoms with Gasteiger partial charge in [-0.2, -0.15) is 4.98 Å². The van der Waals surface area contributed by atoms with E-state index < -0.39 is 11.9 Å². The molecule has 1 aromatic carbocycles. The second-order valence-corrected chi connectivity index (χ2v) is 6.01. The lowest BCUT2D eigenvalue weighted by Gasteiger charge is -1.96. The van der Waals surface area contributed by atoms with Crippen LogP contribution in [0.25, 0.3) is 11.4 Å². The average Bonchev–Trinajstić information content (AvgIpc) is 2.74. The Morgan fingerprint density at radius 2 is 2.00 bits per heavy atom. The van der Waals surface area contributed by atoms with Gasteiger partial charge in [-0.15, -0.1) is 0 Å². The maximum atomic E-state index is 11.2. The van der Waals surface area contributed by atoms with Crippen LogP contribution in [0.1, 0.15) is 25.7 Å². The molecule has 104 valence electrons. The Hall–Kier alpha value is -1.88. The van der Waals surface area contributed by atoms with Crippen molar-refractivity contribution in [3.8, 4) is 11.4 Å². The first-order valence-corrected chi connectivity index (χ1v) is 6.61. The normalized spacial score (nSPS) is 23.6. The number of halogens is 1. The molecule has 1 fully saturated rings. The van der Waals surface area contributed by atoms with Gasteiger partial charge in [0.1, 0.15) is 0 Å². The Labute approximate surface area is 120 Å². The molecule has 0 saturated heterocycles. The number of nitrogens with zero attached hydrogens (tertiary/aromatic N) is 2. The van der Waals surface area contributed by atoms with Gasteiger partial charge in [0, 0.05) is 10.6 Å². The first-order chi connectivity index (χ1) is 9.41. The second-order valence-electron chi connectivity index (χ2n) is 5.58. The fourth-order valence-corrected chi connectivity index (χ4v) is 2.76. The standard InChI is InChI=1S/C14H13ClN2O3/c1-14(2)9(10(14)13(18)19)12-16-11(17-20-12)7-3-5-8(15)6-4-7/h3-6,9-10H,1-2H3,(H,18,19). The number of aliphatic carboxylic acids is 1. The molecule has 1 aliphatic carbocycles. The van der Waals surface area contributed by atoms with Gasteiger partial charge in [-0.1, -0.05) is 30.6 Å². The SMILES string of the molecule is CC1(C)C(C(=O)O)C1c1nc(-c2ccc(Cl)cc2)no1. The molecule has 0 aliphatic heterocycles. The maximum absolute atomic E-state index is 11.2. The summed E-state index contributed by atoms with van der Waals surface area (Å²) in [5.74, 6) is -0.698. The van der Waals surface area contributed by atoms with Crippen molar-refractivity contribution < 1.29 is 14.4 Å². The van der Waals surface area contributed by atoms with Crippen LogP contribution in [0.5, 0.6) is 0 Å². The maximum Gasteiger partial charge on any atom is 0.307 e. The number of rotatable bonds is 3. The molecule has 2 atom stereocenters. The molecule has 1 aliphatic rings. The van der Waals surface area contributed by atoms with Crippen molar-refractivity contribution >= 4 is 17.6 Å². The number of hydrogen-bond acceptors (Lipinski definition) is 4. The summed E-state index contributed by atoms with van der Waals surface area (Å²) >= 11 is 5.83. The monoisotopic (exact) mass is 292 g/mol. The number of carboxylic acid groups (broad SMARTS) is 1. The quantitative estimate of drug-likeness (QED) is 0.940. The summed E-state index contributed by atoms with van der Waals surface area (Å²) in [7, 11) is 0. The van der Waals surface area contributed by atoms with Gasteiger partial charge in [0.25, 0.3) is 0 Å². The number of carbonyl (C=O) groups is 1. The predicted molar refractivity (Wildman–Crippen MR) is 72.4 cm³/mol. The van der Waals surface area contributed by atoms with E-state index in [1.54, 1.807) is 24.3 Å². The zero-order valence-corrected chi connectivity index (χ0v) is 11.8. The lowest BCUT2D eigenvalue weighted by Crippen LogP contribution is -2.03. The van der Waals surface area contributed by atoms with Crippen molar-refractivity contribution in [1.29, 1.82) is 0 Å². The van der Waals surface area contributed by atoms with E-state index in [0.29, 0.717) is 16.7 Å². The summed E-state index contributed by atoms with van der Waals surface area (Å²) in [5.41, 5.74) is 0.435. The fourth-order valence-electron chi connectivity index (χ4n) is 2.64. The topological polar surface area (TPSA) is 76.2 Å². The molecule has 0 radical (unpaired) electrons. The van der Waals surface area contributed by atoms with E-state index in [4.69, 9.17) is 16.1 Å². The minimum Gasteiger partial charge on any atom is -0.481 e. The molecule has 20 heavy (non-hydrogen) atoms. The van der Waals surface area contributed by atoms with E-state index in [9.17, 15) is 9.90 Å². The van der Waals surface area contributed by atoms with Crippen molar-refractivity contribution in [1.82, 2.24) is 10.1 Å². The smallest absolute Gasteiger partial charge is 0.307 e. The van der Waals surface area contributed by atoms with Gasteiger partial charge in [-0.25, -0.2) is 0 Å². The highest BCUT2D eigenvalue weighted by molar-refractivity contribution is 6.30. The van der Waals surface area contributed by atoms with E-state index in [0.717, 1.165) is 5.56 Å². The van der Waals surface area contributed by atoms with Crippen molar-refractivity contribution in [2.24, 2.45) is 11.3 Å². The largest absolute Gasteiger partial charge is 0.481 e. The highest BCUT2D eigenvalue weighted by Gasteiger charge is 2.65. The molecular weight excluding hydrogens is 280 g/mol. The zero-order chi connectivity index (χ0) is 14.5. The van der Waals surface area contributed by atoms with Crippen LogP contribution < -0.4 is 0 Å². The fraction of sp³-hybridized carbons (Fsp3) is 0.357. The van der Waals surface area contributed by atoms with Crippen LogP contribution in [-0.4, -0.2) is 21.2 Å². The van der Waals surface area contributed by atoms with Gasteiger partial charge < -0.3 is 9.63 Å². The third kappa shape index (κ3) is 1.98. The van der Waals surface area contributed by atoms with Crippen molar-refractivity contribution in [3.05, 3.63) is 35.2 Å². The molecule has 1 aromatic heterocycles.